The number of aromatic nitrogens is 4. The lowest BCUT2D eigenvalue weighted by molar-refractivity contribution is -0.117. The molecule has 3 rings (SSSR count). The molecule has 0 bridgehead atoms. The summed E-state index contributed by atoms with van der Waals surface area (Å²) in [6, 6.07) is 11.3. The molecule has 24 heavy (non-hydrogen) atoms. The van der Waals surface area contributed by atoms with Gasteiger partial charge in [-0.3, -0.25) is 14.2 Å². The number of aryl methyl sites for hydroxylation is 2. The molecule has 2 aromatic heterocycles. The zero-order valence-corrected chi connectivity index (χ0v) is 14.3. The highest BCUT2D eigenvalue weighted by molar-refractivity contribution is 6.30. The molecule has 0 saturated heterocycles. The molecule has 0 aliphatic heterocycles. The number of carbonyl (C=O) groups is 1. The summed E-state index contributed by atoms with van der Waals surface area (Å²) in [6.45, 7) is 4.65. The Bertz CT molecular complexity index is 850. The van der Waals surface area contributed by atoms with E-state index in [0.717, 1.165) is 17.0 Å². The molecular weight excluding hydrogens is 326 g/mol. The standard InChI is InChI=1S/C17H18ClN5O/c1-12-7-8-19-22(12)11-17(24)20-16-9-13(2)23(21-16)10-14-3-5-15(18)6-4-14/h3-9H,10-11H2,1-2H3,(H,20,21,24). The van der Waals surface area contributed by atoms with Crippen LogP contribution < -0.4 is 5.32 Å². The topological polar surface area (TPSA) is 64.7 Å². The first-order valence-electron chi connectivity index (χ1n) is 7.58. The van der Waals surface area contributed by atoms with Crippen LogP contribution in [-0.2, 0) is 17.9 Å². The number of amides is 1. The van der Waals surface area contributed by atoms with E-state index in [2.05, 4.69) is 15.5 Å². The Morgan fingerprint density at radius 2 is 1.88 bits per heavy atom. The molecule has 0 radical (unpaired) electrons. The van der Waals surface area contributed by atoms with E-state index in [1.165, 1.54) is 0 Å². The SMILES string of the molecule is Cc1ccnn1CC(=O)Nc1cc(C)n(Cc2ccc(Cl)cc2)n1. The molecule has 1 amide bonds. The Kier molecular flexibility index (Phi) is 4.66. The van der Waals surface area contributed by atoms with Crippen molar-refractivity contribution in [1.29, 1.82) is 0 Å². The van der Waals surface area contributed by atoms with Crippen molar-refractivity contribution in [1.82, 2.24) is 19.6 Å². The molecule has 6 nitrogen and oxygen atoms in total. The van der Waals surface area contributed by atoms with E-state index in [1.54, 1.807) is 10.9 Å². The second-order valence-corrected chi connectivity index (χ2v) is 6.07. The van der Waals surface area contributed by atoms with Crippen molar-refractivity contribution in [2.24, 2.45) is 0 Å². The van der Waals surface area contributed by atoms with Gasteiger partial charge in [-0.1, -0.05) is 23.7 Å². The largest absolute Gasteiger partial charge is 0.308 e. The van der Waals surface area contributed by atoms with Gasteiger partial charge in [0.05, 0.1) is 6.54 Å². The second-order valence-electron chi connectivity index (χ2n) is 5.63. The maximum Gasteiger partial charge on any atom is 0.247 e. The average molecular weight is 344 g/mol. The molecule has 0 fully saturated rings. The maximum atomic E-state index is 12.1. The van der Waals surface area contributed by atoms with E-state index in [0.29, 0.717) is 17.4 Å². The number of hydrogen-bond donors (Lipinski definition) is 1. The second kappa shape index (κ2) is 6.88. The van der Waals surface area contributed by atoms with Crippen molar-refractivity contribution in [3.05, 3.63) is 64.6 Å². The third-order valence-electron chi connectivity index (χ3n) is 3.72. The van der Waals surface area contributed by atoms with E-state index in [-0.39, 0.29) is 12.5 Å². The number of hydrogen-bond acceptors (Lipinski definition) is 3. The summed E-state index contributed by atoms with van der Waals surface area (Å²) in [5.41, 5.74) is 3.00. The minimum Gasteiger partial charge on any atom is -0.308 e. The Morgan fingerprint density at radius 3 is 2.54 bits per heavy atom. The number of nitrogens with zero attached hydrogens (tertiary/aromatic N) is 4. The first kappa shape index (κ1) is 16.3. The van der Waals surface area contributed by atoms with Crippen molar-refractivity contribution in [2.45, 2.75) is 26.9 Å². The van der Waals surface area contributed by atoms with Gasteiger partial charge >= 0.3 is 0 Å². The van der Waals surface area contributed by atoms with Gasteiger partial charge in [0.25, 0.3) is 0 Å². The van der Waals surface area contributed by atoms with Crippen LogP contribution in [0.1, 0.15) is 17.0 Å². The molecule has 0 unspecified atom stereocenters. The molecule has 0 aliphatic rings. The third kappa shape index (κ3) is 3.83. The lowest BCUT2D eigenvalue weighted by Crippen LogP contribution is -2.20. The van der Waals surface area contributed by atoms with Gasteiger partial charge in [0.1, 0.15) is 6.54 Å². The van der Waals surface area contributed by atoms with Crippen LogP contribution in [0.15, 0.2) is 42.6 Å². The maximum absolute atomic E-state index is 12.1. The summed E-state index contributed by atoms with van der Waals surface area (Å²) in [7, 11) is 0. The van der Waals surface area contributed by atoms with E-state index in [1.807, 2.05) is 54.9 Å². The molecule has 1 aromatic carbocycles. The van der Waals surface area contributed by atoms with Crippen molar-refractivity contribution in [3.63, 3.8) is 0 Å². The van der Waals surface area contributed by atoms with Gasteiger partial charge in [-0.15, -0.1) is 0 Å². The molecule has 0 aliphatic carbocycles. The summed E-state index contributed by atoms with van der Waals surface area (Å²) < 4.78 is 3.49. The molecule has 0 spiro atoms. The van der Waals surface area contributed by atoms with Crippen LogP contribution in [-0.4, -0.2) is 25.5 Å². The lowest BCUT2D eigenvalue weighted by Gasteiger charge is -2.05. The van der Waals surface area contributed by atoms with Crippen molar-refractivity contribution >= 4 is 23.3 Å². The fourth-order valence-electron chi connectivity index (χ4n) is 2.38. The molecule has 0 saturated carbocycles. The van der Waals surface area contributed by atoms with Crippen LogP contribution in [0.25, 0.3) is 0 Å². The van der Waals surface area contributed by atoms with Crippen molar-refractivity contribution in [3.8, 4) is 0 Å². The predicted molar refractivity (Wildman–Crippen MR) is 93.1 cm³/mol. The van der Waals surface area contributed by atoms with Crippen molar-refractivity contribution < 1.29 is 4.79 Å². The van der Waals surface area contributed by atoms with E-state index >= 15 is 0 Å². The third-order valence-corrected chi connectivity index (χ3v) is 3.97. The van der Waals surface area contributed by atoms with Gasteiger partial charge in [0.15, 0.2) is 5.82 Å². The summed E-state index contributed by atoms with van der Waals surface area (Å²) in [5.74, 6) is 0.384. The smallest absolute Gasteiger partial charge is 0.247 e. The summed E-state index contributed by atoms with van der Waals surface area (Å²) >= 11 is 5.90. The van der Waals surface area contributed by atoms with Gasteiger partial charge in [0, 0.05) is 28.7 Å². The fourth-order valence-corrected chi connectivity index (χ4v) is 2.50. The quantitative estimate of drug-likeness (QED) is 0.774. The normalized spacial score (nSPS) is 10.8. The molecule has 124 valence electrons. The van der Waals surface area contributed by atoms with Crippen LogP contribution in [0.5, 0.6) is 0 Å². The van der Waals surface area contributed by atoms with Gasteiger partial charge in [-0.2, -0.15) is 10.2 Å². The zero-order valence-electron chi connectivity index (χ0n) is 13.5. The minimum absolute atomic E-state index is 0.155. The highest BCUT2D eigenvalue weighted by Gasteiger charge is 2.10. The molecule has 2 heterocycles. The summed E-state index contributed by atoms with van der Waals surface area (Å²) in [4.78, 5) is 12.1. The summed E-state index contributed by atoms with van der Waals surface area (Å²) in [5, 5.41) is 12.1. The van der Waals surface area contributed by atoms with E-state index in [4.69, 9.17) is 11.6 Å². The van der Waals surface area contributed by atoms with Crippen LogP contribution in [0.4, 0.5) is 5.82 Å². The predicted octanol–water partition coefficient (Wildman–Crippen LogP) is 3.04. The molecule has 3 aromatic rings. The van der Waals surface area contributed by atoms with Crippen LogP contribution in [0.3, 0.4) is 0 Å². The Morgan fingerprint density at radius 1 is 1.12 bits per heavy atom. The first-order valence-corrected chi connectivity index (χ1v) is 7.96. The average Bonchev–Trinajstić information content (AvgIpc) is 3.08. The lowest BCUT2D eigenvalue weighted by atomic mass is 10.2. The Labute approximate surface area is 145 Å². The molecule has 1 N–H and O–H groups in total. The van der Waals surface area contributed by atoms with Gasteiger partial charge in [-0.05, 0) is 37.6 Å². The highest BCUT2D eigenvalue weighted by Crippen LogP contribution is 2.14. The number of rotatable bonds is 5. The number of nitrogens with one attached hydrogen (secondary N) is 1. The number of carbonyl (C=O) groups excluding carboxylic acids is 1. The molecule has 0 atom stereocenters. The van der Waals surface area contributed by atoms with Gasteiger partial charge in [0.2, 0.25) is 5.91 Å². The highest BCUT2D eigenvalue weighted by atomic mass is 35.5. The molecule has 7 heteroatoms. The van der Waals surface area contributed by atoms with Crippen LogP contribution in [0.2, 0.25) is 5.02 Å². The first-order chi connectivity index (χ1) is 11.5. The Hall–Kier alpha value is -2.60. The van der Waals surface area contributed by atoms with Gasteiger partial charge in [-0.25, -0.2) is 0 Å². The molecular formula is C17H18ClN5O. The van der Waals surface area contributed by atoms with Crippen molar-refractivity contribution in [2.75, 3.05) is 5.32 Å². The number of benzene rings is 1. The Balaban J connectivity index is 1.66. The number of halogens is 1. The number of anilines is 1. The van der Waals surface area contributed by atoms with Crippen LogP contribution >= 0.6 is 11.6 Å². The zero-order chi connectivity index (χ0) is 17.1. The minimum atomic E-state index is -0.155. The van der Waals surface area contributed by atoms with Crippen LogP contribution in [0, 0.1) is 13.8 Å². The fraction of sp³-hybridized carbons (Fsp3) is 0.235. The van der Waals surface area contributed by atoms with Gasteiger partial charge < -0.3 is 5.32 Å². The van der Waals surface area contributed by atoms with E-state index in [9.17, 15) is 4.79 Å². The summed E-state index contributed by atoms with van der Waals surface area (Å²) in [6.07, 6.45) is 1.67. The van der Waals surface area contributed by atoms with E-state index < -0.39 is 0 Å². The monoisotopic (exact) mass is 343 g/mol.